The van der Waals surface area contributed by atoms with Gasteiger partial charge in [0.1, 0.15) is 5.75 Å². The van der Waals surface area contributed by atoms with Gasteiger partial charge in [0.15, 0.2) is 0 Å². The maximum atomic E-state index is 11.4. The van der Waals surface area contributed by atoms with Crippen molar-refractivity contribution in [2.45, 2.75) is 13.0 Å². The molecule has 0 bridgehead atoms. The molecule has 0 saturated carbocycles. The van der Waals surface area contributed by atoms with Gasteiger partial charge in [-0.05, 0) is 34.4 Å². The number of carbonyl (C=O) groups excluding carboxylic acids is 1. The second-order valence-corrected chi connectivity index (χ2v) is 8.03. The summed E-state index contributed by atoms with van der Waals surface area (Å²) in [6.45, 7) is 0.491. The molecule has 0 fully saturated rings. The van der Waals surface area contributed by atoms with Gasteiger partial charge in [-0.3, -0.25) is 14.6 Å². The van der Waals surface area contributed by atoms with Crippen LogP contribution >= 0.6 is 0 Å². The lowest BCUT2D eigenvalue weighted by atomic mass is 10.0. The van der Waals surface area contributed by atoms with E-state index in [1.165, 1.54) is 6.20 Å². The van der Waals surface area contributed by atoms with E-state index in [0.717, 1.165) is 22.2 Å². The fourth-order valence-corrected chi connectivity index (χ4v) is 4.51. The molecule has 0 radical (unpaired) electrons. The molecule has 0 aliphatic heterocycles. The number of pyridine rings is 1. The zero-order valence-electron chi connectivity index (χ0n) is 18.1. The summed E-state index contributed by atoms with van der Waals surface area (Å²) in [4.78, 5) is 27.0. The predicted molar refractivity (Wildman–Crippen MR) is 131 cm³/mol. The second-order valence-electron chi connectivity index (χ2n) is 8.03. The number of aromatic hydroxyl groups is 1. The molecule has 0 atom stereocenters. The van der Waals surface area contributed by atoms with Gasteiger partial charge in [-0.1, -0.05) is 54.6 Å². The Labute approximate surface area is 194 Å². The van der Waals surface area contributed by atoms with Crippen molar-refractivity contribution >= 4 is 39.9 Å². The predicted octanol–water partition coefficient (Wildman–Crippen LogP) is 4.81. The van der Waals surface area contributed by atoms with Gasteiger partial charge >= 0.3 is 5.97 Å². The molecule has 168 valence electrons. The van der Waals surface area contributed by atoms with Gasteiger partial charge in [0.2, 0.25) is 6.41 Å². The number of nitrogens with one attached hydrogen (secondary N) is 1. The van der Waals surface area contributed by atoms with E-state index in [4.69, 9.17) is 0 Å². The molecule has 0 aliphatic carbocycles. The summed E-state index contributed by atoms with van der Waals surface area (Å²) in [5, 5.41) is 23.8. The van der Waals surface area contributed by atoms with Crippen molar-refractivity contribution in [1.29, 1.82) is 0 Å². The minimum absolute atomic E-state index is 0.0410. The Morgan fingerprint density at radius 3 is 2.50 bits per heavy atom. The van der Waals surface area contributed by atoms with Crippen LogP contribution in [-0.2, 0) is 22.6 Å². The molecule has 3 aromatic carbocycles. The summed E-state index contributed by atoms with van der Waals surface area (Å²) in [5.74, 6) is -1.05. The summed E-state index contributed by atoms with van der Waals surface area (Å²) in [6, 6.07) is 21.8. The monoisotopic (exact) mass is 451 g/mol. The zero-order chi connectivity index (χ0) is 23.7. The summed E-state index contributed by atoms with van der Waals surface area (Å²) in [6.07, 6.45) is 3.27. The molecule has 3 N–H and O–H groups in total. The van der Waals surface area contributed by atoms with Crippen LogP contribution in [0, 0.1) is 0 Å². The number of amides is 1. The number of hydrogen-bond acceptors (Lipinski definition) is 4. The largest absolute Gasteiger partial charge is 0.506 e. The van der Waals surface area contributed by atoms with Gasteiger partial charge < -0.3 is 20.1 Å². The lowest BCUT2D eigenvalue weighted by Crippen LogP contribution is -2.06. The van der Waals surface area contributed by atoms with E-state index in [1.807, 2.05) is 41.0 Å². The van der Waals surface area contributed by atoms with Crippen molar-refractivity contribution in [3.05, 3.63) is 90.3 Å². The number of anilines is 1. The first-order valence-electron chi connectivity index (χ1n) is 10.7. The Morgan fingerprint density at radius 2 is 1.74 bits per heavy atom. The Bertz CT molecular complexity index is 1540. The molecular formula is C27H21N3O4. The fraction of sp³-hybridized carbons (Fsp3) is 0.0741. The van der Waals surface area contributed by atoms with E-state index in [1.54, 1.807) is 12.3 Å². The van der Waals surface area contributed by atoms with Gasteiger partial charge in [-0.25, -0.2) is 0 Å². The number of fused-ring (bicyclic) bond motifs is 3. The smallest absolute Gasteiger partial charge is 0.307 e. The number of carbonyl (C=O) groups is 2. The second kappa shape index (κ2) is 8.71. The number of aliphatic carboxylic acids is 1. The van der Waals surface area contributed by atoms with Crippen LogP contribution in [-0.4, -0.2) is 32.1 Å². The number of nitrogens with zero attached hydrogens (tertiary/aromatic N) is 2. The third-order valence-electron chi connectivity index (χ3n) is 5.93. The molecule has 1 amide bonds. The van der Waals surface area contributed by atoms with E-state index in [9.17, 15) is 19.8 Å². The van der Waals surface area contributed by atoms with Gasteiger partial charge in [-0.15, -0.1) is 0 Å². The third kappa shape index (κ3) is 3.73. The van der Waals surface area contributed by atoms with E-state index >= 15 is 0 Å². The number of carboxylic acids is 1. The van der Waals surface area contributed by atoms with Gasteiger partial charge in [0, 0.05) is 11.9 Å². The molecule has 34 heavy (non-hydrogen) atoms. The van der Waals surface area contributed by atoms with Crippen molar-refractivity contribution in [3.63, 3.8) is 0 Å². The summed E-state index contributed by atoms with van der Waals surface area (Å²) >= 11 is 0. The summed E-state index contributed by atoms with van der Waals surface area (Å²) in [5.41, 5.74) is 5.51. The molecule has 0 spiro atoms. The first kappa shape index (κ1) is 21.2. The average molecular weight is 451 g/mol. The molecule has 2 aromatic heterocycles. The Kier molecular flexibility index (Phi) is 5.43. The number of rotatable bonds is 7. The first-order chi connectivity index (χ1) is 16.6. The van der Waals surface area contributed by atoms with Crippen LogP contribution in [0.1, 0.15) is 11.1 Å². The van der Waals surface area contributed by atoms with E-state index in [-0.39, 0.29) is 12.2 Å². The SMILES string of the molecule is O=CNc1c(CC(=O)O)ccc2c1c1c(O)cncc1n2Cc1cccc(-c2ccccc2)c1. The molecule has 0 aliphatic rings. The Balaban J connectivity index is 1.72. The van der Waals surface area contributed by atoms with Crippen LogP contribution in [0.2, 0.25) is 0 Å². The minimum atomic E-state index is -1.01. The van der Waals surface area contributed by atoms with E-state index in [2.05, 4.69) is 34.6 Å². The summed E-state index contributed by atoms with van der Waals surface area (Å²) in [7, 11) is 0. The van der Waals surface area contributed by atoms with E-state index in [0.29, 0.717) is 40.5 Å². The lowest BCUT2D eigenvalue weighted by molar-refractivity contribution is -0.136. The Hall–Kier alpha value is -4.65. The highest BCUT2D eigenvalue weighted by atomic mass is 16.4. The van der Waals surface area contributed by atoms with Crippen molar-refractivity contribution in [2.24, 2.45) is 0 Å². The highest BCUT2D eigenvalue weighted by molar-refractivity contribution is 6.18. The normalized spacial score (nSPS) is 11.1. The quantitative estimate of drug-likeness (QED) is 0.308. The molecule has 5 aromatic rings. The number of aromatic nitrogens is 2. The maximum Gasteiger partial charge on any atom is 0.307 e. The van der Waals surface area contributed by atoms with Crippen molar-refractivity contribution in [3.8, 4) is 16.9 Å². The molecule has 7 nitrogen and oxygen atoms in total. The highest BCUT2D eigenvalue weighted by Gasteiger charge is 2.20. The molecule has 0 unspecified atom stereocenters. The number of hydrogen-bond donors (Lipinski definition) is 3. The van der Waals surface area contributed by atoms with Crippen LogP contribution in [0.15, 0.2) is 79.1 Å². The zero-order valence-corrected chi connectivity index (χ0v) is 18.1. The fourth-order valence-electron chi connectivity index (χ4n) is 4.51. The first-order valence-corrected chi connectivity index (χ1v) is 10.7. The van der Waals surface area contributed by atoms with Gasteiger partial charge in [0.25, 0.3) is 0 Å². The third-order valence-corrected chi connectivity index (χ3v) is 5.93. The van der Waals surface area contributed by atoms with Crippen LogP contribution in [0.25, 0.3) is 32.9 Å². The summed E-state index contributed by atoms with van der Waals surface area (Å²) < 4.78 is 2.02. The molecule has 0 saturated heterocycles. The van der Waals surface area contributed by atoms with Crippen molar-refractivity contribution in [1.82, 2.24) is 9.55 Å². The number of benzene rings is 3. The molecule has 2 heterocycles. The van der Waals surface area contributed by atoms with E-state index < -0.39 is 5.97 Å². The topological polar surface area (TPSA) is 104 Å². The van der Waals surface area contributed by atoms with Crippen LogP contribution in [0.4, 0.5) is 5.69 Å². The van der Waals surface area contributed by atoms with Gasteiger partial charge in [0.05, 0.1) is 40.9 Å². The standard InChI is InChI=1S/C27H21N3O4/c31-16-29-27-20(12-24(33)34)9-10-21-26(27)25-22(13-28-14-23(25)32)30(21)15-17-5-4-8-19(11-17)18-6-2-1-3-7-18/h1-11,13-14,16,32H,12,15H2,(H,29,31)(H,33,34). The highest BCUT2D eigenvalue weighted by Crippen LogP contribution is 2.40. The van der Waals surface area contributed by atoms with Gasteiger partial charge in [-0.2, -0.15) is 0 Å². The van der Waals surface area contributed by atoms with Crippen molar-refractivity contribution < 1.29 is 19.8 Å². The lowest BCUT2D eigenvalue weighted by Gasteiger charge is -2.12. The van der Waals surface area contributed by atoms with Crippen LogP contribution in [0.5, 0.6) is 5.75 Å². The molecule has 5 rings (SSSR count). The Morgan fingerprint density at radius 1 is 0.941 bits per heavy atom. The molecular weight excluding hydrogens is 430 g/mol. The molecule has 7 heteroatoms. The van der Waals surface area contributed by atoms with Crippen LogP contribution in [0.3, 0.4) is 0 Å². The average Bonchev–Trinajstić information content (AvgIpc) is 3.16. The van der Waals surface area contributed by atoms with Crippen molar-refractivity contribution in [2.75, 3.05) is 5.32 Å². The number of carboxylic acid groups (broad SMARTS) is 1. The maximum absolute atomic E-state index is 11.4. The minimum Gasteiger partial charge on any atom is -0.506 e. The van der Waals surface area contributed by atoms with Crippen LogP contribution < -0.4 is 5.32 Å².